The molecule has 5 rings (SSSR count). The van der Waals surface area contributed by atoms with Crippen molar-refractivity contribution in [2.75, 3.05) is 24.5 Å². The van der Waals surface area contributed by atoms with Crippen molar-refractivity contribution in [3.8, 4) is 5.69 Å². The molecule has 2 atom stereocenters. The summed E-state index contributed by atoms with van der Waals surface area (Å²) in [6.45, 7) is 2.16. The zero-order valence-corrected chi connectivity index (χ0v) is 18.5. The summed E-state index contributed by atoms with van der Waals surface area (Å²) in [5, 5.41) is 0.719. The van der Waals surface area contributed by atoms with Crippen LogP contribution >= 0.6 is 0 Å². The lowest BCUT2D eigenvalue weighted by Gasteiger charge is -2.31. The molecule has 3 aromatic rings. The van der Waals surface area contributed by atoms with E-state index in [4.69, 9.17) is 10.5 Å². The van der Waals surface area contributed by atoms with Crippen molar-refractivity contribution in [3.05, 3.63) is 48.5 Å². The average Bonchev–Trinajstić information content (AvgIpc) is 3.42. The first-order chi connectivity index (χ1) is 16.2. The van der Waals surface area contributed by atoms with E-state index in [1.165, 1.54) is 16.0 Å². The van der Waals surface area contributed by atoms with Gasteiger partial charge in [0.2, 0.25) is 0 Å². The highest BCUT2D eigenvalue weighted by Crippen LogP contribution is 2.29. The number of rotatable bonds is 4. The van der Waals surface area contributed by atoms with Gasteiger partial charge in [0.25, 0.3) is 11.8 Å². The van der Waals surface area contributed by atoms with E-state index in [0.29, 0.717) is 29.1 Å². The third-order valence-electron chi connectivity index (χ3n) is 6.28. The second-order valence-corrected chi connectivity index (χ2v) is 8.76. The summed E-state index contributed by atoms with van der Waals surface area (Å²) < 4.78 is 34.0. The fourth-order valence-corrected chi connectivity index (χ4v) is 4.23. The lowest BCUT2D eigenvalue weighted by Crippen LogP contribution is -2.42. The molecule has 2 aliphatic rings. The standard InChI is InChI=1S/C23H24F2N6O3/c1-14(26)19-13-31(22(33)34-19)18-9-17(11-27-12-18)30-5-2-15-8-16(10-28-20(15)30)21(32)29-6-3-23(24,25)4-7-29/h2,5,8-12,14,19H,3-4,6-7,13,26H2,1H3/t14-,19?/m1/s1. The molecule has 0 aliphatic carbocycles. The highest BCUT2D eigenvalue weighted by Gasteiger charge is 2.36. The number of carbonyl (C=O) groups is 2. The van der Waals surface area contributed by atoms with Gasteiger partial charge in [0.1, 0.15) is 11.8 Å². The number of aromatic nitrogens is 3. The number of cyclic esters (lactones) is 1. The fourth-order valence-electron chi connectivity index (χ4n) is 4.23. The molecule has 11 heteroatoms. The molecule has 0 bridgehead atoms. The number of amides is 2. The summed E-state index contributed by atoms with van der Waals surface area (Å²) in [5.41, 5.74) is 8.06. The Morgan fingerprint density at radius 3 is 2.65 bits per heavy atom. The number of nitrogens with zero attached hydrogens (tertiary/aromatic N) is 5. The van der Waals surface area contributed by atoms with Crippen molar-refractivity contribution >= 4 is 28.7 Å². The van der Waals surface area contributed by atoms with Gasteiger partial charge in [0, 0.05) is 49.8 Å². The van der Waals surface area contributed by atoms with Gasteiger partial charge in [-0.15, -0.1) is 0 Å². The summed E-state index contributed by atoms with van der Waals surface area (Å²) in [4.78, 5) is 36.7. The van der Waals surface area contributed by atoms with Crippen molar-refractivity contribution in [1.29, 1.82) is 0 Å². The van der Waals surface area contributed by atoms with Crippen LogP contribution in [0.3, 0.4) is 0 Å². The maximum atomic E-state index is 13.4. The summed E-state index contributed by atoms with van der Waals surface area (Å²) in [5.74, 6) is -3.02. The number of nitrogens with two attached hydrogens (primary N) is 1. The minimum atomic E-state index is -2.71. The molecule has 2 amide bonds. The Bertz CT molecular complexity index is 1250. The van der Waals surface area contributed by atoms with Crippen LogP contribution in [0.2, 0.25) is 0 Å². The van der Waals surface area contributed by atoms with E-state index in [2.05, 4.69) is 9.97 Å². The van der Waals surface area contributed by atoms with Crippen LogP contribution in [0.25, 0.3) is 16.7 Å². The zero-order chi connectivity index (χ0) is 24.0. The molecule has 3 aromatic heterocycles. The molecular formula is C23H24F2N6O3. The molecule has 9 nitrogen and oxygen atoms in total. The van der Waals surface area contributed by atoms with Crippen LogP contribution in [0.5, 0.6) is 0 Å². The average molecular weight is 470 g/mol. The molecule has 1 unspecified atom stereocenters. The maximum Gasteiger partial charge on any atom is 0.414 e. The molecule has 178 valence electrons. The van der Waals surface area contributed by atoms with Gasteiger partial charge < -0.3 is 15.4 Å². The normalized spacial score (nSPS) is 21.1. The lowest BCUT2D eigenvalue weighted by molar-refractivity contribution is -0.0494. The summed E-state index contributed by atoms with van der Waals surface area (Å²) in [7, 11) is 0. The molecule has 0 saturated carbocycles. The fraction of sp³-hybridized carbons (Fsp3) is 0.391. The van der Waals surface area contributed by atoms with Gasteiger partial charge in [0.15, 0.2) is 0 Å². The van der Waals surface area contributed by atoms with Gasteiger partial charge in [-0.1, -0.05) is 0 Å². The number of alkyl halides is 2. The van der Waals surface area contributed by atoms with Crippen LogP contribution in [-0.2, 0) is 4.74 Å². The summed E-state index contributed by atoms with van der Waals surface area (Å²) >= 11 is 0. The minimum Gasteiger partial charge on any atom is -0.442 e. The van der Waals surface area contributed by atoms with Crippen molar-refractivity contribution in [2.45, 2.75) is 37.8 Å². The van der Waals surface area contributed by atoms with Crippen LogP contribution in [-0.4, -0.2) is 69.1 Å². The number of fused-ring (bicyclic) bond motifs is 1. The van der Waals surface area contributed by atoms with Crippen molar-refractivity contribution in [1.82, 2.24) is 19.4 Å². The monoisotopic (exact) mass is 470 g/mol. The lowest BCUT2D eigenvalue weighted by atomic mass is 10.1. The number of piperidine rings is 1. The van der Waals surface area contributed by atoms with Crippen LogP contribution < -0.4 is 10.6 Å². The smallest absolute Gasteiger partial charge is 0.414 e. The molecule has 2 N–H and O–H groups in total. The van der Waals surface area contributed by atoms with E-state index in [1.807, 2.05) is 6.07 Å². The van der Waals surface area contributed by atoms with Gasteiger partial charge in [-0.25, -0.2) is 18.6 Å². The summed E-state index contributed by atoms with van der Waals surface area (Å²) in [6.07, 6.45) is 4.93. The Labute approximate surface area is 194 Å². The van der Waals surface area contributed by atoms with Crippen molar-refractivity contribution in [3.63, 3.8) is 0 Å². The molecule has 2 saturated heterocycles. The number of ether oxygens (including phenoxy) is 1. The van der Waals surface area contributed by atoms with E-state index >= 15 is 0 Å². The highest BCUT2D eigenvalue weighted by molar-refractivity contribution is 5.97. The molecular weight excluding hydrogens is 446 g/mol. The number of pyridine rings is 2. The largest absolute Gasteiger partial charge is 0.442 e. The van der Waals surface area contributed by atoms with E-state index in [9.17, 15) is 18.4 Å². The van der Waals surface area contributed by atoms with Gasteiger partial charge in [-0.2, -0.15) is 0 Å². The molecule has 2 aliphatic heterocycles. The van der Waals surface area contributed by atoms with Crippen molar-refractivity contribution in [2.24, 2.45) is 5.73 Å². The Morgan fingerprint density at radius 2 is 1.94 bits per heavy atom. The number of hydrogen-bond donors (Lipinski definition) is 1. The number of halogens is 2. The number of hydrogen-bond acceptors (Lipinski definition) is 6. The van der Waals surface area contributed by atoms with Crippen LogP contribution in [0.1, 0.15) is 30.1 Å². The second kappa shape index (κ2) is 8.32. The van der Waals surface area contributed by atoms with E-state index < -0.39 is 18.1 Å². The highest BCUT2D eigenvalue weighted by atomic mass is 19.3. The number of anilines is 1. The van der Waals surface area contributed by atoms with Crippen LogP contribution in [0.4, 0.5) is 19.3 Å². The van der Waals surface area contributed by atoms with Gasteiger partial charge >= 0.3 is 6.09 Å². The molecule has 0 radical (unpaired) electrons. The molecule has 0 aromatic carbocycles. The molecule has 2 fully saturated rings. The Balaban J connectivity index is 1.39. The topological polar surface area (TPSA) is 107 Å². The molecule has 0 spiro atoms. The van der Waals surface area contributed by atoms with Gasteiger partial charge in [0.05, 0.1) is 35.9 Å². The predicted molar refractivity (Wildman–Crippen MR) is 120 cm³/mol. The van der Waals surface area contributed by atoms with Crippen LogP contribution in [0.15, 0.2) is 43.0 Å². The third kappa shape index (κ3) is 4.07. The Hall–Kier alpha value is -3.60. The molecule has 5 heterocycles. The second-order valence-electron chi connectivity index (χ2n) is 8.76. The molecule has 34 heavy (non-hydrogen) atoms. The Morgan fingerprint density at radius 1 is 1.21 bits per heavy atom. The van der Waals surface area contributed by atoms with E-state index in [0.717, 1.165) is 5.39 Å². The Kier molecular flexibility index (Phi) is 5.43. The third-order valence-corrected chi connectivity index (χ3v) is 6.28. The first-order valence-corrected chi connectivity index (χ1v) is 11.1. The zero-order valence-electron chi connectivity index (χ0n) is 18.5. The SMILES string of the molecule is C[C@@H](N)C1CN(c2cncc(-n3ccc4cc(C(=O)N5CCC(F)(F)CC5)cnc43)c2)C(=O)O1. The predicted octanol–water partition coefficient (Wildman–Crippen LogP) is 2.96. The van der Waals surface area contributed by atoms with Crippen molar-refractivity contribution < 1.29 is 23.1 Å². The van der Waals surface area contributed by atoms with Crippen LogP contribution in [0, 0.1) is 0 Å². The quantitative estimate of drug-likeness (QED) is 0.628. The van der Waals surface area contributed by atoms with Gasteiger partial charge in [-0.3, -0.25) is 19.2 Å². The summed E-state index contributed by atoms with van der Waals surface area (Å²) in [6, 6.07) is 5.02. The number of likely N-dealkylation sites (tertiary alicyclic amines) is 1. The first-order valence-electron chi connectivity index (χ1n) is 11.1. The van der Waals surface area contributed by atoms with E-state index in [1.54, 1.807) is 42.2 Å². The maximum absolute atomic E-state index is 13.4. The van der Waals surface area contributed by atoms with E-state index in [-0.39, 0.29) is 37.9 Å². The minimum absolute atomic E-state index is 0.0199. The first kappa shape index (κ1) is 22.2. The number of carbonyl (C=O) groups excluding carboxylic acids is 2. The van der Waals surface area contributed by atoms with Gasteiger partial charge in [-0.05, 0) is 25.1 Å².